The molecule has 0 heterocycles. The van der Waals surface area contributed by atoms with Gasteiger partial charge in [0.15, 0.2) is 0 Å². The Morgan fingerprint density at radius 1 is 1.21 bits per heavy atom. The second kappa shape index (κ2) is 5.71. The molecule has 0 bridgehead atoms. The fourth-order valence-corrected chi connectivity index (χ4v) is 2.92. The normalized spacial score (nSPS) is 18.7. The Kier molecular flexibility index (Phi) is 4.41. The predicted molar refractivity (Wildman–Crippen MR) is 70.2 cm³/mol. The minimum absolute atomic E-state index is 0.101. The molecule has 0 saturated heterocycles. The molecule has 1 fully saturated rings. The lowest BCUT2D eigenvalue weighted by Gasteiger charge is -2.28. The van der Waals surface area contributed by atoms with E-state index in [1.165, 1.54) is 12.1 Å². The van der Waals surface area contributed by atoms with Crippen LogP contribution in [0.3, 0.4) is 0 Å². The van der Waals surface area contributed by atoms with E-state index in [9.17, 15) is 13.2 Å². The number of halogens is 4. The van der Waals surface area contributed by atoms with E-state index in [1.807, 2.05) is 0 Å². The van der Waals surface area contributed by atoms with Crippen molar-refractivity contribution in [3.8, 4) is 0 Å². The van der Waals surface area contributed by atoms with Gasteiger partial charge in [0.1, 0.15) is 0 Å². The summed E-state index contributed by atoms with van der Waals surface area (Å²) in [7, 11) is 0. The average molecular weight is 292 g/mol. The molecule has 0 aliphatic heterocycles. The summed E-state index contributed by atoms with van der Waals surface area (Å²) >= 11 is 5.99. The highest BCUT2D eigenvalue weighted by molar-refractivity contribution is 6.18. The van der Waals surface area contributed by atoms with Gasteiger partial charge in [0, 0.05) is 18.0 Å². The van der Waals surface area contributed by atoms with E-state index in [1.54, 1.807) is 6.07 Å². The molecule has 1 nitrogen and oxygen atoms in total. The molecule has 5 heteroatoms. The first kappa shape index (κ1) is 14.7. The van der Waals surface area contributed by atoms with E-state index in [4.69, 9.17) is 11.6 Å². The summed E-state index contributed by atoms with van der Waals surface area (Å²) in [4.78, 5) is 0. The average Bonchev–Trinajstić information content (AvgIpc) is 2.85. The maximum Gasteiger partial charge on any atom is 0.416 e. The van der Waals surface area contributed by atoms with Crippen LogP contribution in [-0.4, -0.2) is 11.4 Å². The Bertz CT molecular complexity index is 425. The van der Waals surface area contributed by atoms with Crippen molar-refractivity contribution in [1.82, 2.24) is 5.32 Å². The molecule has 1 aliphatic carbocycles. The Morgan fingerprint density at radius 2 is 1.89 bits per heavy atom. The monoisotopic (exact) mass is 291 g/mol. The van der Waals surface area contributed by atoms with E-state index >= 15 is 0 Å². The van der Waals surface area contributed by atoms with Gasteiger partial charge in [-0.15, -0.1) is 11.6 Å². The van der Waals surface area contributed by atoms with Gasteiger partial charge in [-0.3, -0.25) is 0 Å². The lowest BCUT2D eigenvalue weighted by molar-refractivity contribution is -0.137. The molecule has 19 heavy (non-hydrogen) atoms. The van der Waals surface area contributed by atoms with Crippen molar-refractivity contribution in [3.63, 3.8) is 0 Å². The minimum atomic E-state index is -4.28. The van der Waals surface area contributed by atoms with E-state index in [0.29, 0.717) is 18.0 Å². The summed E-state index contributed by atoms with van der Waals surface area (Å²) in [5.41, 5.74) is -0.0557. The number of hydrogen-bond donors (Lipinski definition) is 1. The SMILES string of the molecule is FC(F)(F)c1cccc(CNC2(CCl)CCCC2)c1. The molecule has 1 aromatic rings. The fourth-order valence-electron chi connectivity index (χ4n) is 2.56. The van der Waals surface area contributed by atoms with Crippen molar-refractivity contribution in [3.05, 3.63) is 35.4 Å². The van der Waals surface area contributed by atoms with Crippen molar-refractivity contribution in [2.75, 3.05) is 5.88 Å². The first-order chi connectivity index (χ1) is 8.95. The van der Waals surface area contributed by atoms with E-state index in [2.05, 4.69) is 5.32 Å². The van der Waals surface area contributed by atoms with E-state index < -0.39 is 11.7 Å². The lowest BCUT2D eigenvalue weighted by atomic mass is 9.99. The van der Waals surface area contributed by atoms with Crippen LogP contribution in [0.5, 0.6) is 0 Å². The first-order valence-corrected chi connectivity index (χ1v) is 6.96. The van der Waals surface area contributed by atoms with Crippen LogP contribution in [0.1, 0.15) is 36.8 Å². The highest BCUT2D eigenvalue weighted by Crippen LogP contribution is 2.32. The molecule has 1 aliphatic rings. The second-order valence-corrected chi connectivity index (χ2v) is 5.44. The zero-order chi connectivity index (χ0) is 13.9. The molecule has 0 unspecified atom stereocenters. The quantitative estimate of drug-likeness (QED) is 0.814. The summed E-state index contributed by atoms with van der Waals surface area (Å²) in [5, 5.41) is 3.34. The largest absolute Gasteiger partial charge is 0.416 e. The molecule has 0 radical (unpaired) electrons. The van der Waals surface area contributed by atoms with Gasteiger partial charge in [-0.2, -0.15) is 13.2 Å². The molecule has 0 spiro atoms. The number of benzene rings is 1. The third-order valence-electron chi connectivity index (χ3n) is 3.74. The number of nitrogens with one attached hydrogen (secondary N) is 1. The van der Waals surface area contributed by atoms with Crippen LogP contribution >= 0.6 is 11.6 Å². The minimum Gasteiger partial charge on any atom is -0.306 e. The van der Waals surface area contributed by atoms with Gasteiger partial charge in [-0.25, -0.2) is 0 Å². The maximum absolute atomic E-state index is 12.6. The summed E-state index contributed by atoms with van der Waals surface area (Å²) in [5.74, 6) is 0.506. The molecule has 2 rings (SSSR count). The number of alkyl halides is 4. The Hall–Kier alpha value is -0.740. The van der Waals surface area contributed by atoms with Crippen molar-refractivity contribution < 1.29 is 13.2 Å². The summed E-state index contributed by atoms with van der Waals surface area (Å²) in [6.45, 7) is 0.427. The van der Waals surface area contributed by atoms with Crippen LogP contribution in [0.4, 0.5) is 13.2 Å². The first-order valence-electron chi connectivity index (χ1n) is 6.42. The number of hydrogen-bond acceptors (Lipinski definition) is 1. The van der Waals surface area contributed by atoms with Crippen molar-refractivity contribution in [2.24, 2.45) is 0 Å². The van der Waals surface area contributed by atoms with Gasteiger partial charge in [0.25, 0.3) is 0 Å². The van der Waals surface area contributed by atoms with Crippen molar-refractivity contribution >= 4 is 11.6 Å². The third-order valence-corrected chi connectivity index (χ3v) is 4.25. The Labute approximate surface area is 116 Å². The topological polar surface area (TPSA) is 12.0 Å². The maximum atomic E-state index is 12.6. The molecule has 0 aromatic heterocycles. The third kappa shape index (κ3) is 3.63. The molecule has 1 N–H and O–H groups in total. The van der Waals surface area contributed by atoms with Crippen LogP contribution in [0.25, 0.3) is 0 Å². The van der Waals surface area contributed by atoms with E-state index in [-0.39, 0.29) is 5.54 Å². The van der Waals surface area contributed by atoms with Crippen molar-refractivity contribution in [1.29, 1.82) is 0 Å². The summed E-state index contributed by atoms with van der Waals surface area (Å²) in [6.07, 6.45) is -0.0386. The summed E-state index contributed by atoms with van der Waals surface area (Å²) in [6, 6.07) is 5.45. The molecule has 1 aromatic carbocycles. The van der Waals surface area contributed by atoms with Gasteiger partial charge in [0.05, 0.1) is 5.56 Å². The van der Waals surface area contributed by atoms with Crippen LogP contribution in [-0.2, 0) is 12.7 Å². The van der Waals surface area contributed by atoms with Crippen LogP contribution in [0, 0.1) is 0 Å². The molecule has 0 atom stereocenters. The zero-order valence-electron chi connectivity index (χ0n) is 10.6. The molecule has 0 amide bonds. The van der Waals surface area contributed by atoms with Crippen molar-refractivity contribution in [2.45, 2.75) is 43.9 Å². The van der Waals surface area contributed by atoms with E-state index in [0.717, 1.165) is 31.7 Å². The summed E-state index contributed by atoms with van der Waals surface area (Å²) < 4.78 is 37.8. The standard InChI is InChI=1S/C14H17ClF3N/c15-10-13(6-1-2-7-13)19-9-11-4-3-5-12(8-11)14(16,17)18/h3-5,8,19H,1-2,6-7,9-10H2. The zero-order valence-corrected chi connectivity index (χ0v) is 11.3. The lowest BCUT2D eigenvalue weighted by Crippen LogP contribution is -2.43. The van der Waals surface area contributed by atoms with Gasteiger partial charge in [0.2, 0.25) is 0 Å². The van der Waals surface area contributed by atoms with Crippen LogP contribution in [0.2, 0.25) is 0 Å². The molecule has 106 valence electrons. The molecule has 1 saturated carbocycles. The molecular weight excluding hydrogens is 275 g/mol. The smallest absolute Gasteiger partial charge is 0.306 e. The second-order valence-electron chi connectivity index (χ2n) is 5.17. The van der Waals surface area contributed by atoms with Gasteiger partial charge in [-0.05, 0) is 24.5 Å². The highest BCUT2D eigenvalue weighted by Gasteiger charge is 2.33. The predicted octanol–water partition coefficient (Wildman–Crippen LogP) is 4.35. The van der Waals surface area contributed by atoms with Crippen LogP contribution < -0.4 is 5.32 Å². The van der Waals surface area contributed by atoms with Gasteiger partial charge >= 0.3 is 6.18 Å². The van der Waals surface area contributed by atoms with Gasteiger partial charge < -0.3 is 5.32 Å². The fraction of sp³-hybridized carbons (Fsp3) is 0.571. The number of rotatable bonds is 4. The van der Waals surface area contributed by atoms with Gasteiger partial charge in [-0.1, -0.05) is 31.0 Å². The highest BCUT2D eigenvalue weighted by atomic mass is 35.5. The Morgan fingerprint density at radius 3 is 2.47 bits per heavy atom. The molecular formula is C14H17ClF3N. The Balaban J connectivity index is 2.03. The van der Waals surface area contributed by atoms with Crippen LogP contribution in [0.15, 0.2) is 24.3 Å².